The van der Waals surface area contributed by atoms with E-state index in [4.69, 9.17) is 5.11 Å². The molecule has 0 radical (unpaired) electrons. The van der Waals surface area contributed by atoms with Crippen LogP contribution < -0.4 is 0 Å². The second-order valence-electron chi connectivity index (χ2n) is 6.63. The molecule has 26 heavy (non-hydrogen) atoms. The molecule has 1 fully saturated rings. The molecular formula is C20H19N3O3. The lowest BCUT2D eigenvalue weighted by Crippen LogP contribution is -2.31. The fourth-order valence-electron chi connectivity index (χ4n) is 3.65. The average molecular weight is 349 g/mol. The SMILES string of the molecule is Cn1ccnc1C1CCCN1C(=O)c1ccc2cc(C(=O)O)ccc2c1. The summed E-state index contributed by atoms with van der Waals surface area (Å²) in [5, 5.41) is 10.8. The summed E-state index contributed by atoms with van der Waals surface area (Å²) in [5.41, 5.74) is 0.854. The zero-order valence-corrected chi connectivity index (χ0v) is 14.4. The van der Waals surface area contributed by atoms with Crippen LogP contribution in [0.5, 0.6) is 0 Å². The van der Waals surface area contributed by atoms with Crippen molar-refractivity contribution < 1.29 is 14.7 Å². The summed E-state index contributed by atoms with van der Waals surface area (Å²) in [4.78, 5) is 30.5. The Bertz CT molecular complexity index is 1010. The maximum absolute atomic E-state index is 13.1. The first-order valence-corrected chi connectivity index (χ1v) is 8.60. The quantitative estimate of drug-likeness (QED) is 0.787. The van der Waals surface area contributed by atoms with E-state index in [2.05, 4.69) is 4.98 Å². The summed E-state index contributed by atoms with van der Waals surface area (Å²) >= 11 is 0. The van der Waals surface area contributed by atoms with Gasteiger partial charge in [0.1, 0.15) is 5.82 Å². The highest BCUT2D eigenvalue weighted by molar-refractivity contribution is 6.00. The van der Waals surface area contributed by atoms with Crippen molar-refractivity contribution in [3.8, 4) is 0 Å². The standard InChI is InChI=1S/C20H19N3O3/c1-22-10-8-21-18(22)17-3-2-9-23(17)19(24)15-6-4-14-12-16(20(25)26)7-5-13(14)11-15/h4-8,10-12,17H,2-3,9H2,1H3,(H,25,26). The Kier molecular flexibility index (Phi) is 3.95. The fraction of sp³-hybridized carbons (Fsp3) is 0.250. The van der Waals surface area contributed by atoms with Crippen molar-refractivity contribution in [3.63, 3.8) is 0 Å². The van der Waals surface area contributed by atoms with E-state index in [-0.39, 0.29) is 17.5 Å². The molecule has 6 heteroatoms. The van der Waals surface area contributed by atoms with Gasteiger partial charge in [-0.2, -0.15) is 0 Å². The van der Waals surface area contributed by atoms with Gasteiger partial charge in [-0.1, -0.05) is 12.1 Å². The van der Waals surface area contributed by atoms with Gasteiger partial charge in [-0.3, -0.25) is 4.79 Å². The zero-order valence-electron chi connectivity index (χ0n) is 14.4. The molecule has 132 valence electrons. The predicted molar refractivity (Wildman–Crippen MR) is 97.1 cm³/mol. The van der Waals surface area contributed by atoms with Crippen LogP contribution >= 0.6 is 0 Å². The minimum Gasteiger partial charge on any atom is -0.478 e. The predicted octanol–water partition coefficient (Wildman–Crippen LogP) is 3.25. The third-order valence-corrected chi connectivity index (χ3v) is 5.00. The summed E-state index contributed by atoms with van der Waals surface area (Å²) in [5.74, 6) is -0.0653. The van der Waals surface area contributed by atoms with Crippen molar-refractivity contribution in [2.24, 2.45) is 7.05 Å². The van der Waals surface area contributed by atoms with Gasteiger partial charge < -0.3 is 14.6 Å². The molecule has 2 heterocycles. The third-order valence-electron chi connectivity index (χ3n) is 5.00. The molecule has 0 saturated carbocycles. The number of amides is 1. The van der Waals surface area contributed by atoms with E-state index in [1.165, 1.54) is 0 Å². The number of likely N-dealkylation sites (tertiary alicyclic amines) is 1. The maximum Gasteiger partial charge on any atom is 0.335 e. The highest BCUT2D eigenvalue weighted by Crippen LogP contribution is 2.32. The maximum atomic E-state index is 13.1. The number of benzene rings is 2. The summed E-state index contributed by atoms with van der Waals surface area (Å²) < 4.78 is 1.96. The monoisotopic (exact) mass is 349 g/mol. The molecule has 2 aromatic carbocycles. The number of hydrogen-bond acceptors (Lipinski definition) is 3. The number of rotatable bonds is 3. The van der Waals surface area contributed by atoms with Gasteiger partial charge >= 0.3 is 5.97 Å². The van der Waals surface area contributed by atoms with Crippen LogP contribution in [0.25, 0.3) is 10.8 Å². The molecule has 0 bridgehead atoms. The molecule has 0 spiro atoms. The largest absolute Gasteiger partial charge is 0.478 e. The summed E-state index contributed by atoms with van der Waals surface area (Å²) in [7, 11) is 1.94. The van der Waals surface area contributed by atoms with Crippen molar-refractivity contribution >= 4 is 22.6 Å². The number of fused-ring (bicyclic) bond motifs is 1. The molecule has 1 amide bonds. The van der Waals surface area contributed by atoms with Crippen molar-refractivity contribution in [1.82, 2.24) is 14.5 Å². The second-order valence-corrected chi connectivity index (χ2v) is 6.63. The van der Waals surface area contributed by atoms with E-state index in [1.54, 1.807) is 36.5 Å². The molecule has 1 aromatic heterocycles. The molecule has 1 unspecified atom stereocenters. The van der Waals surface area contributed by atoms with Crippen LogP contribution in [0.1, 0.15) is 45.4 Å². The molecule has 1 aliphatic rings. The second kappa shape index (κ2) is 6.29. The van der Waals surface area contributed by atoms with Crippen LogP contribution in [0.4, 0.5) is 0 Å². The molecule has 1 saturated heterocycles. The average Bonchev–Trinajstić information content (AvgIpc) is 3.28. The van der Waals surface area contributed by atoms with Gasteiger partial charge in [-0.25, -0.2) is 9.78 Å². The van der Waals surface area contributed by atoms with Crippen LogP contribution in [0.3, 0.4) is 0 Å². The minimum atomic E-state index is -0.956. The Morgan fingerprint density at radius 1 is 1.12 bits per heavy atom. The molecule has 3 aromatic rings. The van der Waals surface area contributed by atoms with Gasteiger partial charge in [0.15, 0.2) is 0 Å². The highest BCUT2D eigenvalue weighted by Gasteiger charge is 2.32. The first-order valence-electron chi connectivity index (χ1n) is 8.60. The van der Waals surface area contributed by atoms with E-state index >= 15 is 0 Å². The summed E-state index contributed by atoms with van der Waals surface area (Å²) in [6, 6.07) is 10.3. The van der Waals surface area contributed by atoms with Crippen molar-refractivity contribution in [2.45, 2.75) is 18.9 Å². The number of carbonyl (C=O) groups excluding carboxylic acids is 1. The Morgan fingerprint density at radius 2 is 1.81 bits per heavy atom. The molecule has 1 aliphatic heterocycles. The van der Waals surface area contributed by atoms with Crippen LogP contribution in [-0.2, 0) is 7.05 Å². The Balaban J connectivity index is 1.66. The van der Waals surface area contributed by atoms with E-state index in [0.29, 0.717) is 12.1 Å². The number of carboxylic acid groups (broad SMARTS) is 1. The lowest BCUT2D eigenvalue weighted by molar-refractivity contribution is 0.0694. The van der Waals surface area contributed by atoms with Crippen LogP contribution in [0.15, 0.2) is 48.8 Å². The third kappa shape index (κ3) is 2.73. The van der Waals surface area contributed by atoms with E-state index in [9.17, 15) is 9.59 Å². The van der Waals surface area contributed by atoms with Crippen molar-refractivity contribution in [3.05, 3.63) is 65.7 Å². The molecule has 0 aliphatic carbocycles. The van der Waals surface area contributed by atoms with Gasteiger partial charge in [-0.05, 0) is 47.9 Å². The number of nitrogens with zero attached hydrogens (tertiary/aromatic N) is 3. The van der Waals surface area contributed by atoms with Gasteiger partial charge in [0.2, 0.25) is 0 Å². The normalized spacial score (nSPS) is 17.0. The molecule has 6 nitrogen and oxygen atoms in total. The van der Waals surface area contributed by atoms with Crippen molar-refractivity contribution in [2.75, 3.05) is 6.54 Å². The first-order chi connectivity index (χ1) is 12.5. The summed E-state index contributed by atoms with van der Waals surface area (Å²) in [6.45, 7) is 0.715. The molecule has 1 N–H and O–H groups in total. The zero-order chi connectivity index (χ0) is 18.3. The van der Waals surface area contributed by atoms with E-state index < -0.39 is 5.97 Å². The first kappa shape index (κ1) is 16.3. The van der Waals surface area contributed by atoms with Gasteiger partial charge in [0, 0.05) is 31.5 Å². The van der Waals surface area contributed by atoms with Crippen LogP contribution in [0.2, 0.25) is 0 Å². The Hall–Kier alpha value is -3.15. The molecular weight excluding hydrogens is 330 g/mol. The lowest BCUT2D eigenvalue weighted by atomic mass is 10.0. The Morgan fingerprint density at radius 3 is 2.46 bits per heavy atom. The lowest BCUT2D eigenvalue weighted by Gasteiger charge is -2.24. The molecule has 1 atom stereocenters. The number of hydrogen-bond donors (Lipinski definition) is 1. The minimum absolute atomic E-state index is 0.00687. The van der Waals surface area contributed by atoms with Gasteiger partial charge in [0.05, 0.1) is 11.6 Å². The van der Waals surface area contributed by atoms with Crippen LogP contribution in [0, 0.1) is 0 Å². The summed E-state index contributed by atoms with van der Waals surface area (Å²) in [6.07, 6.45) is 5.52. The van der Waals surface area contributed by atoms with Crippen LogP contribution in [-0.4, -0.2) is 38.0 Å². The van der Waals surface area contributed by atoms with E-state index in [0.717, 1.165) is 29.4 Å². The number of carboxylic acids is 1. The molecule has 4 rings (SSSR count). The van der Waals surface area contributed by atoms with Gasteiger partial charge in [-0.15, -0.1) is 0 Å². The topological polar surface area (TPSA) is 75.4 Å². The number of carbonyl (C=O) groups is 2. The Labute approximate surface area is 150 Å². The van der Waals surface area contributed by atoms with Crippen molar-refractivity contribution in [1.29, 1.82) is 0 Å². The highest BCUT2D eigenvalue weighted by atomic mass is 16.4. The fourth-order valence-corrected chi connectivity index (χ4v) is 3.65. The van der Waals surface area contributed by atoms with Gasteiger partial charge in [0.25, 0.3) is 5.91 Å². The number of aromatic nitrogens is 2. The number of aryl methyl sites for hydroxylation is 1. The number of imidazole rings is 1. The number of aromatic carboxylic acids is 1. The smallest absolute Gasteiger partial charge is 0.335 e. The van der Waals surface area contributed by atoms with E-state index in [1.807, 2.05) is 28.8 Å².